The molecule has 2 amide bonds. The first kappa shape index (κ1) is 24.3. The molecule has 0 aliphatic carbocycles. The number of anilines is 1. The number of piperidine rings is 1. The molecule has 1 fully saturated rings. The van der Waals surface area contributed by atoms with Gasteiger partial charge in [-0.1, -0.05) is 24.3 Å². The number of likely N-dealkylation sites (tertiary alicyclic amines) is 1. The summed E-state index contributed by atoms with van der Waals surface area (Å²) in [5, 5.41) is 15.3. The van der Waals surface area contributed by atoms with Crippen LogP contribution in [0, 0.1) is 23.5 Å². The molecule has 0 bridgehead atoms. The van der Waals surface area contributed by atoms with E-state index in [0.717, 1.165) is 11.1 Å². The molecule has 1 heterocycles. The van der Waals surface area contributed by atoms with E-state index in [4.69, 9.17) is 0 Å². The normalized spacial score (nSPS) is 18.1. The van der Waals surface area contributed by atoms with Gasteiger partial charge in [0, 0.05) is 31.9 Å². The van der Waals surface area contributed by atoms with Crippen LogP contribution in [0.4, 0.5) is 14.5 Å². The number of halogens is 2. The van der Waals surface area contributed by atoms with Gasteiger partial charge in [-0.2, -0.15) is 0 Å². The number of nitrogens with zero attached hydrogens (tertiary/aromatic N) is 1. The van der Waals surface area contributed by atoms with Crippen LogP contribution >= 0.6 is 0 Å². The van der Waals surface area contributed by atoms with Crippen LogP contribution in [0.15, 0.2) is 72.8 Å². The number of phenols is 1. The summed E-state index contributed by atoms with van der Waals surface area (Å²) in [5.74, 6) is -1.85. The Balaban J connectivity index is 1.45. The second kappa shape index (κ2) is 11.1. The van der Waals surface area contributed by atoms with Gasteiger partial charge >= 0.3 is 0 Å². The predicted molar refractivity (Wildman–Crippen MR) is 128 cm³/mol. The van der Waals surface area contributed by atoms with E-state index in [9.17, 15) is 23.5 Å². The molecule has 3 aromatic carbocycles. The first-order valence-electron chi connectivity index (χ1n) is 11.4. The molecule has 0 aromatic heterocycles. The second-order valence-electron chi connectivity index (χ2n) is 8.83. The molecule has 0 radical (unpaired) electrons. The number of hydrogen-bond acceptors (Lipinski definition) is 4. The van der Waals surface area contributed by atoms with E-state index >= 15 is 0 Å². The molecule has 2 atom stereocenters. The summed E-state index contributed by atoms with van der Waals surface area (Å²) in [6.45, 7) is 1.70. The number of nitrogens with one attached hydrogen (secondary N) is 2. The number of rotatable bonds is 7. The maximum atomic E-state index is 13.2. The summed E-state index contributed by atoms with van der Waals surface area (Å²) in [4.78, 5) is 28.1. The Morgan fingerprint density at radius 2 is 1.34 bits per heavy atom. The Morgan fingerprint density at radius 3 is 1.97 bits per heavy atom. The Morgan fingerprint density at radius 1 is 0.800 bits per heavy atom. The maximum absolute atomic E-state index is 13.2. The highest BCUT2D eigenvalue weighted by Gasteiger charge is 2.35. The van der Waals surface area contributed by atoms with E-state index in [-0.39, 0.29) is 29.9 Å². The highest BCUT2D eigenvalue weighted by Crippen LogP contribution is 2.26. The number of amides is 2. The van der Waals surface area contributed by atoms with Crippen LogP contribution in [0.1, 0.15) is 17.5 Å². The lowest BCUT2D eigenvalue weighted by atomic mass is 9.87. The van der Waals surface area contributed by atoms with Crippen LogP contribution in [-0.2, 0) is 22.7 Å². The van der Waals surface area contributed by atoms with Crippen LogP contribution in [0.3, 0.4) is 0 Å². The maximum Gasteiger partial charge on any atom is 0.228 e. The number of hydrogen-bond donors (Lipinski definition) is 3. The molecular formula is C27H27F2N3O3. The minimum absolute atomic E-state index is 0.169. The predicted octanol–water partition coefficient (Wildman–Crippen LogP) is 4.06. The SMILES string of the molecule is O=C(NCc1ccc(F)cc1)[C@H]1C[C@@H](C(=O)Nc2ccc(F)cc2)CN(Cc2ccc(O)cc2)C1. The summed E-state index contributed by atoms with van der Waals surface area (Å²) in [5.41, 5.74) is 2.22. The molecule has 182 valence electrons. The minimum atomic E-state index is -0.451. The van der Waals surface area contributed by atoms with Gasteiger partial charge < -0.3 is 15.7 Å². The molecule has 3 N–H and O–H groups in total. The van der Waals surface area contributed by atoms with Crippen molar-refractivity contribution in [2.45, 2.75) is 19.5 Å². The van der Waals surface area contributed by atoms with E-state index in [1.54, 1.807) is 36.4 Å². The van der Waals surface area contributed by atoms with E-state index in [1.807, 2.05) is 4.90 Å². The monoisotopic (exact) mass is 479 g/mol. The van der Waals surface area contributed by atoms with E-state index in [1.165, 1.54) is 36.4 Å². The smallest absolute Gasteiger partial charge is 0.228 e. The van der Waals surface area contributed by atoms with Crippen molar-refractivity contribution in [1.82, 2.24) is 10.2 Å². The van der Waals surface area contributed by atoms with Crippen molar-refractivity contribution < 1.29 is 23.5 Å². The van der Waals surface area contributed by atoms with E-state index in [0.29, 0.717) is 31.7 Å². The van der Waals surface area contributed by atoms with Gasteiger partial charge in [-0.3, -0.25) is 14.5 Å². The molecule has 1 aliphatic rings. The Hall–Kier alpha value is -3.78. The molecule has 3 aromatic rings. The van der Waals surface area contributed by atoms with Gasteiger partial charge in [0.2, 0.25) is 11.8 Å². The minimum Gasteiger partial charge on any atom is -0.508 e. The van der Waals surface area contributed by atoms with Gasteiger partial charge in [0.1, 0.15) is 17.4 Å². The van der Waals surface area contributed by atoms with Crippen molar-refractivity contribution in [3.05, 3.63) is 95.6 Å². The van der Waals surface area contributed by atoms with Gasteiger partial charge in [-0.15, -0.1) is 0 Å². The van der Waals surface area contributed by atoms with Crippen molar-refractivity contribution in [3.8, 4) is 5.75 Å². The van der Waals surface area contributed by atoms with E-state index in [2.05, 4.69) is 10.6 Å². The average molecular weight is 480 g/mol. The first-order chi connectivity index (χ1) is 16.9. The van der Waals surface area contributed by atoms with Gasteiger partial charge in [-0.05, 0) is 66.1 Å². The molecule has 0 saturated carbocycles. The fourth-order valence-corrected chi connectivity index (χ4v) is 4.27. The topological polar surface area (TPSA) is 81.7 Å². The summed E-state index contributed by atoms with van der Waals surface area (Å²) >= 11 is 0. The molecule has 1 aliphatic heterocycles. The molecular weight excluding hydrogens is 452 g/mol. The van der Waals surface area contributed by atoms with Gasteiger partial charge in [0.25, 0.3) is 0 Å². The summed E-state index contributed by atoms with van der Waals surface area (Å²) in [7, 11) is 0. The van der Waals surface area contributed by atoms with Gasteiger partial charge in [-0.25, -0.2) is 8.78 Å². The summed E-state index contributed by atoms with van der Waals surface area (Å²) in [6.07, 6.45) is 0.369. The van der Waals surface area contributed by atoms with E-state index < -0.39 is 17.7 Å². The summed E-state index contributed by atoms with van der Waals surface area (Å²) in [6, 6.07) is 18.3. The largest absolute Gasteiger partial charge is 0.508 e. The van der Waals surface area contributed by atoms with Crippen LogP contribution in [0.5, 0.6) is 5.75 Å². The average Bonchev–Trinajstić information content (AvgIpc) is 2.86. The van der Waals surface area contributed by atoms with Crippen molar-refractivity contribution in [3.63, 3.8) is 0 Å². The van der Waals surface area contributed by atoms with Crippen molar-refractivity contribution in [2.24, 2.45) is 11.8 Å². The number of aromatic hydroxyl groups is 1. The fraction of sp³-hybridized carbons (Fsp3) is 0.259. The standard InChI is InChI=1S/C27H27F2N3O3/c28-22-5-1-18(2-6-22)14-30-26(34)20-13-21(27(35)31-24-9-7-23(29)8-10-24)17-32(16-20)15-19-3-11-25(33)12-4-19/h1-12,20-21,33H,13-17H2,(H,30,34)(H,31,35)/t20-,21+/m0/s1. The molecule has 4 rings (SSSR count). The third-order valence-corrected chi connectivity index (χ3v) is 6.10. The first-order valence-corrected chi connectivity index (χ1v) is 11.4. The zero-order valence-electron chi connectivity index (χ0n) is 19.1. The number of carbonyl (C=O) groups excluding carboxylic acids is 2. The number of carbonyl (C=O) groups is 2. The fourth-order valence-electron chi connectivity index (χ4n) is 4.27. The third-order valence-electron chi connectivity index (χ3n) is 6.10. The van der Waals surface area contributed by atoms with Crippen LogP contribution in [0.25, 0.3) is 0 Å². The lowest BCUT2D eigenvalue weighted by Gasteiger charge is -2.36. The Bertz CT molecular complexity index is 1150. The molecule has 6 nitrogen and oxygen atoms in total. The zero-order valence-corrected chi connectivity index (χ0v) is 19.1. The van der Waals surface area contributed by atoms with Crippen molar-refractivity contribution in [1.29, 1.82) is 0 Å². The molecule has 35 heavy (non-hydrogen) atoms. The Kier molecular flexibility index (Phi) is 7.72. The van der Waals surface area contributed by atoms with Crippen LogP contribution in [0.2, 0.25) is 0 Å². The van der Waals surface area contributed by atoms with Crippen molar-refractivity contribution >= 4 is 17.5 Å². The highest BCUT2D eigenvalue weighted by molar-refractivity contribution is 5.93. The number of phenolic OH excluding ortho intramolecular Hbond substituents is 1. The van der Waals surface area contributed by atoms with Gasteiger partial charge in [0.05, 0.1) is 11.8 Å². The van der Waals surface area contributed by atoms with Gasteiger partial charge in [0.15, 0.2) is 0 Å². The Labute approximate surface area is 202 Å². The number of benzene rings is 3. The molecule has 0 unspecified atom stereocenters. The lowest BCUT2D eigenvalue weighted by molar-refractivity contribution is -0.130. The van der Waals surface area contributed by atoms with Crippen LogP contribution < -0.4 is 10.6 Å². The zero-order chi connectivity index (χ0) is 24.8. The lowest BCUT2D eigenvalue weighted by Crippen LogP contribution is -2.48. The quantitative estimate of drug-likeness (QED) is 0.477. The highest BCUT2D eigenvalue weighted by atomic mass is 19.1. The summed E-state index contributed by atoms with van der Waals surface area (Å²) < 4.78 is 26.4. The molecule has 1 saturated heterocycles. The molecule has 0 spiro atoms. The van der Waals surface area contributed by atoms with Crippen LogP contribution in [-0.4, -0.2) is 34.9 Å². The third kappa shape index (κ3) is 6.86. The van der Waals surface area contributed by atoms with Crippen molar-refractivity contribution in [2.75, 3.05) is 18.4 Å². The second-order valence-corrected chi connectivity index (χ2v) is 8.83. The molecule has 8 heteroatoms.